The minimum absolute atomic E-state index is 0.0263. The normalized spacial score (nSPS) is 22.7. The topological polar surface area (TPSA) is 458 Å². The molecule has 8 atom stereocenters. The van der Waals surface area contributed by atoms with Crippen molar-refractivity contribution in [3.63, 3.8) is 0 Å². The number of carbonyl (C=O) groups is 14. The highest BCUT2D eigenvalue weighted by Crippen LogP contribution is 2.29. The third-order valence-electron chi connectivity index (χ3n) is 18.7. The molecule has 0 radical (unpaired) electrons. The Morgan fingerprint density at radius 1 is 0.579 bits per heavy atom. The first-order valence-electron chi connectivity index (χ1n) is 36.7. The van der Waals surface area contributed by atoms with Gasteiger partial charge >= 0.3 is 23.9 Å². The van der Waals surface area contributed by atoms with Crippen LogP contribution in [0.5, 0.6) is 0 Å². The molecular weight excluding hydrogens is 1450 g/mol. The zero-order chi connectivity index (χ0) is 78.0. The molecule has 2 bridgehead atoms. The van der Waals surface area contributed by atoms with Crippen molar-refractivity contribution in [3.05, 3.63) is 70.8 Å². The Labute approximate surface area is 636 Å². The molecule has 32 nitrogen and oxygen atoms in total. The van der Waals surface area contributed by atoms with E-state index in [0.29, 0.717) is 61.6 Å². The van der Waals surface area contributed by atoms with Crippen molar-refractivity contribution in [3.8, 4) is 0 Å². The lowest BCUT2D eigenvalue weighted by Crippen LogP contribution is -2.61. The van der Waals surface area contributed by atoms with Crippen LogP contribution in [0.2, 0.25) is 0 Å². The van der Waals surface area contributed by atoms with Crippen molar-refractivity contribution >= 4 is 118 Å². The molecule has 6 rings (SSSR count). The molecule has 0 spiro atoms. The van der Waals surface area contributed by atoms with E-state index in [4.69, 9.17) is 5.73 Å². The van der Waals surface area contributed by atoms with E-state index in [-0.39, 0.29) is 159 Å². The molecule has 9 amide bonds. The summed E-state index contributed by atoms with van der Waals surface area (Å²) in [7, 11) is 0. The molecule has 4 heterocycles. The number of nitrogens with one attached hydrogen (secondary N) is 6. The molecule has 2 aromatic rings. The highest BCUT2D eigenvalue weighted by atomic mass is 32.2. The van der Waals surface area contributed by atoms with Gasteiger partial charge in [0.05, 0.1) is 32.3 Å². The van der Waals surface area contributed by atoms with Gasteiger partial charge in [-0.1, -0.05) is 68.3 Å². The van der Waals surface area contributed by atoms with Gasteiger partial charge in [0.1, 0.15) is 48.1 Å². The summed E-state index contributed by atoms with van der Waals surface area (Å²) in [6.45, 7) is 4.59. The van der Waals surface area contributed by atoms with Crippen LogP contribution in [0, 0.1) is 0 Å². The smallest absolute Gasteiger partial charge is 0.317 e. The van der Waals surface area contributed by atoms with Gasteiger partial charge in [0.2, 0.25) is 53.2 Å². The van der Waals surface area contributed by atoms with Crippen LogP contribution >= 0.6 is 35.3 Å². The Hall–Kier alpha value is -7.93. The van der Waals surface area contributed by atoms with Crippen LogP contribution in [0.15, 0.2) is 48.5 Å². The Morgan fingerprint density at radius 3 is 1.69 bits per heavy atom. The molecule has 3 saturated heterocycles. The van der Waals surface area contributed by atoms with Crippen molar-refractivity contribution in [2.24, 2.45) is 5.73 Å². The van der Waals surface area contributed by atoms with E-state index < -0.39 is 132 Å². The summed E-state index contributed by atoms with van der Waals surface area (Å²) in [4.78, 5) is 199. The highest BCUT2D eigenvalue weighted by Gasteiger charge is 2.45. The quantitative estimate of drug-likeness (QED) is 0.0461. The van der Waals surface area contributed by atoms with Crippen LogP contribution < -0.4 is 37.6 Å². The maximum Gasteiger partial charge on any atom is 0.317 e. The van der Waals surface area contributed by atoms with Gasteiger partial charge in [0.25, 0.3) is 0 Å². The summed E-state index contributed by atoms with van der Waals surface area (Å²) in [6.07, 6.45) is 1.48. The average molecular weight is 1550 g/mol. The molecule has 35 heteroatoms. The van der Waals surface area contributed by atoms with Crippen LogP contribution in [-0.4, -0.2) is 302 Å². The number of nitrogens with two attached hydrogens (primary N) is 1. The number of ketones is 1. The van der Waals surface area contributed by atoms with E-state index in [0.717, 1.165) is 29.5 Å². The van der Waals surface area contributed by atoms with Crippen molar-refractivity contribution in [1.29, 1.82) is 0 Å². The number of carboxylic acids is 4. The Kier molecular flexibility index (Phi) is 38.2. The number of hydrogen-bond acceptors (Lipinski definition) is 22. The second kappa shape index (κ2) is 46.4. The zero-order valence-corrected chi connectivity index (χ0v) is 63.6. The van der Waals surface area contributed by atoms with E-state index in [2.05, 4.69) is 31.9 Å². The second-order valence-corrected chi connectivity index (χ2v) is 30.7. The lowest BCUT2D eigenvalue weighted by molar-refractivity contribution is -0.148. The van der Waals surface area contributed by atoms with Crippen LogP contribution in [0.25, 0.3) is 0 Å². The third-order valence-corrected chi connectivity index (χ3v) is 22.1. The fourth-order valence-corrected chi connectivity index (χ4v) is 16.0. The summed E-state index contributed by atoms with van der Waals surface area (Å²) in [5.41, 5.74) is 8.63. The monoisotopic (exact) mass is 1550 g/mol. The molecule has 592 valence electrons. The number of rotatable bonds is 30. The van der Waals surface area contributed by atoms with Gasteiger partial charge < -0.3 is 73.0 Å². The lowest BCUT2D eigenvalue weighted by Gasteiger charge is -2.33. The lowest BCUT2D eigenvalue weighted by atomic mass is 10.0. The summed E-state index contributed by atoms with van der Waals surface area (Å²) < 4.78 is 0. The Balaban J connectivity index is 1.31. The van der Waals surface area contributed by atoms with E-state index in [1.807, 2.05) is 30.0 Å². The molecule has 107 heavy (non-hydrogen) atoms. The number of amides is 9. The van der Waals surface area contributed by atoms with Crippen LogP contribution in [0.3, 0.4) is 0 Å². The third kappa shape index (κ3) is 31.7. The summed E-state index contributed by atoms with van der Waals surface area (Å²) in [6, 6.07) is 5.21. The van der Waals surface area contributed by atoms with Crippen molar-refractivity contribution in [1.82, 2.24) is 61.3 Å². The molecule has 0 saturated carbocycles. The fraction of sp³-hybridized carbons (Fsp3) is 0.639. The molecule has 4 aliphatic rings. The van der Waals surface area contributed by atoms with E-state index in [9.17, 15) is 92.7 Å². The van der Waals surface area contributed by atoms with Crippen LogP contribution in [0.4, 0.5) is 0 Å². The number of Topliss-reactive ketones (excluding diaryl/α,β-unsaturated/α-hetero) is 1. The van der Waals surface area contributed by atoms with Gasteiger partial charge in [-0.3, -0.25) is 86.7 Å². The largest absolute Gasteiger partial charge is 0.481 e. The predicted octanol–water partition coefficient (Wildman–Crippen LogP) is 0.0808. The zero-order valence-electron chi connectivity index (χ0n) is 61.1. The Morgan fingerprint density at radius 2 is 1.13 bits per heavy atom. The summed E-state index contributed by atoms with van der Waals surface area (Å²) in [5.74, 6) is -9.25. The number of aliphatic carboxylic acids is 4. The van der Waals surface area contributed by atoms with Crippen molar-refractivity contribution < 1.29 is 92.7 Å². The van der Waals surface area contributed by atoms with E-state index >= 15 is 0 Å². The number of primary amides is 1. The molecular formula is C72H107N13O19S3. The van der Waals surface area contributed by atoms with Gasteiger partial charge in [-0.25, -0.2) is 0 Å². The first-order valence-corrected chi connectivity index (χ1v) is 40.2. The maximum atomic E-state index is 15.0. The SMILES string of the molecule is CCCCCC(=O)N[C@H]1CSCc2cc(CSCCCC(=O)CN3CCN(CC(=O)O)CCN(CC(=O)O)CCN(CC(=O)O)CC3)cc(c2)CSC[C@@H](C(=O)NCCCC(=O)O)NC(=O)[C@H](Cc2ccccc2)NC(=O)[C@H](CCC(N)=O)NC(=O)[C@H]([C@@H](C)O)NC(=O)[C@@H]2CCCN2C(=O)[C@@H]2CCCN2C1=O. The van der Waals surface area contributed by atoms with Gasteiger partial charge in [-0.2, -0.15) is 35.3 Å². The van der Waals surface area contributed by atoms with Gasteiger partial charge in [-0.05, 0) is 86.3 Å². The number of carboxylic acid groups (broad SMARTS) is 4. The molecule has 3 fully saturated rings. The molecule has 13 N–H and O–H groups in total. The van der Waals surface area contributed by atoms with Crippen LogP contribution in [-0.2, 0) is 90.8 Å². The summed E-state index contributed by atoms with van der Waals surface area (Å²) in [5, 5.41) is 65.7. The number of carbonyl (C=O) groups excluding carboxylic acids is 10. The molecule has 0 aromatic heterocycles. The first-order chi connectivity index (χ1) is 51.2. The first kappa shape index (κ1) is 88.0. The van der Waals surface area contributed by atoms with Gasteiger partial charge in [0, 0.05) is 133 Å². The number of aliphatic hydroxyl groups excluding tert-OH is 1. The van der Waals surface area contributed by atoms with Crippen LogP contribution in [0.1, 0.15) is 126 Å². The summed E-state index contributed by atoms with van der Waals surface area (Å²) >= 11 is 4.24. The predicted molar refractivity (Wildman–Crippen MR) is 401 cm³/mol. The standard InChI is InChI=1S/C72H107N13O19S3/c1-3-4-6-18-60(89)75-56-46-107-44-51-35-49(42-105-33-12-15-52(87)38-80-25-27-81(39-62(92)93)29-31-83(41-64(96)97)32-30-82(28-26-80)40-63(94)95)34-50(36-51)43-106-45-55(66(98)74-22-9-19-61(90)91)78-68(100)54(37-48-13-7-5-8-14-48)77-67(99)53(20-21-59(73)88)76-70(102)65(47(2)86)79-69(101)57-16-10-23-84(57)72(104)58-17-11-24-85(58)71(56)103/h5,7-8,13-14,34-36,47,53-58,65,86H,3-4,6,9-12,15-33,37-46H2,1-2H3,(H2,73,88)(H,74,98)(H,75,89)(H,76,102)(H,77,99)(H,78,100)(H,79,101)(H,90,91)(H,92,93)(H,94,95)(H,96,97)/t47-,53+,54+,55+,56+,57+,58+,65+/m1/s1. The average Bonchev–Trinajstić information content (AvgIpc) is 1.68. The van der Waals surface area contributed by atoms with Crippen molar-refractivity contribution in [2.75, 3.05) is 115 Å². The van der Waals surface area contributed by atoms with Crippen molar-refractivity contribution in [2.45, 2.75) is 176 Å². The van der Waals surface area contributed by atoms with Gasteiger partial charge in [0.15, 0.2) is 0 Å². The number of fused-ring (bicyclic) bond motifs is 4. The minimum Gasteiger partial charge on any atom is -0.481 e. The number of nitrogens with zero attached hydrogens (tertiary/aromatic N) is 6. The number of hydrogen-bond donors (Lipinski definition) is 12. The minimum atomic E-state index is -1.73. The maximum absolute atomic E-state index is 15.0. The van der Waals surface area contributed by atoms with E-state index in [1.54, 1.807) is 56.8 Å². The highest BCUT2D eigenvalue weighted by molar-refractivity contribution is 7.99. The number of benzene rings is 2. The number of thioether (sulfide) groups is 3. The molecule has 4 aliphatic heterocycles. The second-order valence-electron chi connectivity index (χ2n) is 27.5. The molecule has 2 aromatic carbocycles. The van der Waals surface area contributed by atoms with E-state index in [1.165, 1.54) is 40.2 Å². The Bertz CT molecular complexity index is 3330. The van der Waals surface area contributed by atoms with Gasteiger partial charge in [-0.15, -0.1) is 0 Å². The molecule has 0 aliphatic carbocycles. The molecule has 0 unspecified atom stereocenters. The number of unbranched alkanes of at least 4 members (excludes halogenated alkanes) is 2. The fourth-order valence-electron chi connectivity index (χ4n) is 13.1. The number of aliphatic hydroxyl groups is 1.